The molecular weight excluding hydrogens is 236 g/mol. The van der Waals surface area contributed by atoms with Gasteiger partial charge < -0.3 is 10.1 Å². The van der Waals surface area contributed by atoms with Crippen LogP contribution < -0.4 is 5.32 Å². The molecule has 0 aromatic heterocycles. The van der Waals surface area contributed by atoms with Crippen molar-refractivity contribution < 1.29 is 4.74 Å². The van der Waals surface area contributed by atoms with Crippen molar-refractivity contribution in [2.45, 2.75) is 71.6 Å². The minimum Gasteiger partial charge on any atom is -0.380 e. The average Bonchev–Trinajstić information content (AvgIpc) is 2.39. The van der Waals surface area contributed by atoms with E-state index >= 15 is 0 Å². The quantitative estimate of drug-likeness (QED) is 0.770. The van der Waals surface area contributed by atoms with E-state index in [2.05, 4.69) is 44.8 Å². The van der Waals surface area contributed by atoms with Crippen LogP contribution in [0.15, 0.2) is 0 Å². The molecule has 1 heterocycles. The maximum atomic E-state index is 5.49. The van der Waals surface area contributed by atoms with E-state index in [1.807, 2.05) is 7.11 Å². The summed E-state index contributed by atoms with van der Waals surface area (Å²) in [6.45, 7) is 14.8. The Kier molecular flexibility index (Phi) is 6.78. The Morgan fingerprint density at radius 2 is 1.89 bits per heavy atom. The monoisotopic (exact) mass is 270 g/mol. The maximum Gasteiger partial charge on any atom is 0.0670 e. The Bertz CT molecular complexity index is 251. The lowest BCUT2D eigenvalue weighted by atomic mass is 9.85. The van der Waals surface area contributed by atoms with E-state index in [9.17, 15) is 0 Å². The van der Waals surface area contributed by atoms with Crippen LogP contribution in [0.4, 0.5) is 0 Å². The summed E-state index contributed by atoms with van der Waals surface area (Å²) in [5, 5.41) is 3.78. The molecule has 3 nitrogen and oxygen atoms in total. The van der Waals surface area contributed by atoms with Gasteiger partial charge in [0.2, 0.25) is 0 Å². The van der Waals surface area contributed by atoms with E-state index in [4.69, 9.17) is 4.74 Å². The van der Waals surface area contributed by atoms with E-state index in [0.717, 1.165) is 25.6 Å². The summed E-state index contributed by atoms with van der Waals surface area (Å²) >= 11 is 0. The van der Waals surface area contributed by atoms with Crippen LogP contribution in [-0.4, -0.2) is 49.3 Å². The molecule has 0 saturated carbocycles. The second kappa shape index (κ2) is 7.61. The second-order valence-corrected chi connectivity index (χ2v) is 6.59. The molecule has 0 aromatic rings. The van der Waals surface area contributed by atoms with Crippen molar-refractivity contribution in [3.63, 3.8) is 0 Å². The first-order chi connectivity index (χ1) is 8.97. The zero-order valence-electron chi connectivity index (χ0n) is 13.8. The summed E-state index contributed by atoms with van der Waals surface area (Å²) in [5.74, 6) is 0.759. The molecule has 2 atom stereocenters. The van der Waals surface area contributed by atoms with Gasteiger partial charge in [0.25, 0.3) is 0 Å². The minimum absolute atomic E-state index is 0.315. The van der Waals surface area contributed by atoms with Crippen molar-refractivity contribution in [2.75, 3.05) is 26.7 Å². The smallest absolute Gasteiger partial charge is 0.0670 e. The van der Waals surface area contributed by atoms with Crippen LogP contribution in [0.2, 0.25) is 0 Å². The highest BCUT2D eigenvalue weighted by molar-refractivity contribution is 4.98. The van der Waals surface area contributed by atoms with Gasteiger partial charge in [-0.05, 0) is 32.1 Å². The average molecular weight is 270 g/mol. The molecule has 19 heavy (non-hydrogen) atoms. The molecule has 0 bridgehead atoms. The van der Waals surface area contributed by atoms with Gasteiger partial charge in [-0.2, -0.15) is 0 Å². The Morgan fingerprint density at radius 3 is 2.37 bits per heavy atom. The molecule has 0 radical (unpaired) electrons. The van der Waals surface area contributed by atoms with Gasteiger partial charge >= 0.3 is 0 Å². The highest BCUT2D eigenvalue weighted by Crippen LogP contribution is 2.28. The van der Waals surface area contributed by atoms with Crippen LogP contribution in [0.25, 0.3) is 0 Å². The molecule has 114 valence electrons. The Labute approximate surface area is 120 Å². The molecule has 0 amide bonds. The molecule has 0 aliphatic carbocycles. The number of nitrogens with one attached hydrogen (secondary N) is 1. The highest BCUT2D eigenvalue weighted by atomic mass is 16.5. The first-order valence-electron chi connectivity index (χ1n) is 7.98. The van der Waals surface area contributed by atoms with E-state index in [0.29, 0.717) is 17.7 Å². The fourth-order valence-corrected chi connectivity index (χ4v) is 3.30. The summed E-state index contributed by atoms with van der Waals surface area (Å²) in [6, 6.07) is 0.635. The van der Waals surface area contributed by atoms with Gasteiger partial charge in [-0.3, -0.25) is 4.90 Å². The van der Waals surface area contributed by atoms with Gasteiger partial charge in [0.15, 0.2) is 0 Å². The van der Waals surface area contributed by atoms with Crippen molar-refractivity contribution in [1.29, 1.82) is 0 Å². The number of hydrogen-bond acceptors (Lipinski definition) is 3. The number of methoxy groups -OCH3 is 1. The maximum absolute atomic E-state index is 5.49. The van der Waals surface area contributed by atoms with Crippen LogP contribution in [0.1, 0.15) is 53.9 Å². The minimum atomic E-state index is 0.315. The first-order valence-corrected chi connectivity index (χ1v) is 7.98. The molecule has 0 aromatic carbocycles. The van der Waals surface area contributed by atoms with E-state index < -0.39 is 0 Å². The second-order valence-electron chi connectivity index (χ2n) is 6.59. The lowest BCUT2D eigenvalue weighted by molar-refractivity contribution is -0.0145. The molecule has 1 rings (SSSR count). The van der Waals surface area contributed by atoms with Crippen LogP contribution in [0, 0.1) is 5.92 Å². The van der Waals surface area contributed by atoms with Crippen LogP contribution in [0.3, 0.4) is 0 Å². The third kappa shape index (κ3) is 4.44. The van der Waals surface area contributed by atoms with Crippen molar-refractivity contribution in [2.24, 2.45) is 5.92 Å². The molecule has 1 saturated heterocycles. The van der Waals surface area contributed by atoms with Crippen LogP contribution in [0.5, 0.6) is 0 Å². The van der Waals surface area contributed by atoms with Gasteiger partial charge in [0.1, 0.15) is 0 Å². The molecule has 2 unspecified atom stereocenters. The predicted molar refractivity (Wildman–Crippen MR) is 82.6 cm³/mol. The summed E-state index contributed by atoms with van der Waals surface area (Å²) < 4.78 is 5.49. The van der Waals surface area contributed by atoms with E-state index in [1.54, 1.807) is 0 Å². The number of rotatable bonds is 7. The fourth-order valence-electron chi connectivity index (χ4n) is 3.30. The van der Waals surface area contributed by atoms with Gasteiger partial charge in [-0.25, -0.2) is 0 Å². The normalized spacial score (nSPS) is 25.7. The molecule has 0 spiro atoms. The largest absolute Gasteiger partial charge is 0.380 e. The summed E-state index contributed by atoms with van der Waals surface area (Å²) in [7, 11) is 1.82. The molecule has 1 aliphatic heterocycles. The third-order valence-corrected chi connectivity index (χ3v) is 4.78. The number of piperazine rings is 1. The zero-order valence-corrected chi connectivity index (χ0v) is 13.8. The zero-order chi connectivity index (χ0) is 14.5. The SMILES string of the molecule is CCC1(CC)CNC(CC(C)C)CN1CC(C)OC. The Balaban J connectivity index is 2.73. The van der Waals surface area contributed by atoms with Crippen molar-refractivity contribution in [1.82, 2.24) is 10.2 Å². The topological polar surface area (TPSA) is 24.5 Å². The van der Waals surface area contributed by atoms with Gasteiger partial charge in [0, 0.05) is 38.3 Å². The van der Waals surface area contributed by atoms with E-state index in [-0.39, 0.29) is 0 Å². The van der Waals surface area contributed by atoms with Crippen molar-refractivity contribution in [3.8, 4) is 0 Å². The molecular formula is C16H34N2O. The molecule has 1 N–H and O–H groups in total. The number of ether oxygens (including phenoxy) is 1. The summed E-state index contributed by atoms with van der Waals surface area (Å²) in [4.78, 5) is 2.69. The lowest BCUT2D eigenvalue weighted by Gasteiger charge is -2.50. The van der Waals surface area contributed by atoms with Crippen LogP contribution in [-0.2, 0) is 4.74 Å². The molecule has 1 aliphatic rings. The fraction of sp³-hybridized carbons (Fsp3) is 1.00. The van der Waals surface area contributed by atoms with E-state index in [1.165, 1.54) is 19.3 Å². The molecule has 3 heteroatoms. The molecule has 1 fully saturated rings. The van der Waals surface area contributed by atoms with Crippen LogP contribution >= 0.6 is 0 Å². The third-order valence-electron chi connectivity index (χ3n) is 4.78. The first kappa shape index (κ1) is 16.9. The summed E-state index contributed by atoms with van der Waals surface area (Å²) in [5.41, 5.74) is 0.320. The number of hydrogen-bond donors (Lipinski definition) is 1. The van der Waals surface area contributed by atoms with Gasteiger partial charge in [-0.15, -0.1) is 0 Å². The highest BCUT2D eigenvalue weighted by Gasteiger charge is 2.39. The van der Waals surface area contributed by atoms with Crippen molar-refractivity contribution in [3.05, 3.63) is 0 Å². The Morgan fingerprint density at radius 1 is 1.26 bits per heavy atom. The summed E-state index contributed by atoms with van der Waals surface area (Å²) in [6.07, 6.45) is 4.00. The van der Waals surface area contributed by atoms with Gasteiger partial charge in [-0.1, -0.05) is 27.7 Å². The predicted octanol–water partition coefficient (Wildman–Crippen LogP) is 2.90. The van der Waals surface area contributed by atoms with Gasteiger partial charge in [0.05, 0.1) is 6.10 Å². The lowest BCUT2D eigenvalue weighted by Crippen LogP contribution is -2.65. The van der Waals surface area contributed by atoms with Crippen molar-refractivity contribution >= 4 is 0 Å². The number of nitrogens with zero attached hydrogens (tertiary/aromatic N) is 1. The standard InChI is InChI=1S/C16H34N2O/c1-7-16(8-2)12-17-15(9-13(3)4)11-18(16)10-14(5)19-6/h13-15,17H,7-12H2,1-6H3. The Hall–Kier alpha value is -0.120.